The van der Waals surface area contributed by atoms with E-state index < -0.39 is 23.2 Å². The lowest BCUT2D eigenvalue weighted by Gasteiger charge is -2.43. The number of rotatable bonds is 6. The smallest absolute Gasteiger partial charge is 0.338 e. The number of hydrogen-bond acceptors (Lipinski definition) is 4. The van der Waals surface area contributed by atoms with Gasteiger partial charge in [0.2, 0.25) is 0 Å². The van der Waals surface area contributed by atoms with E-state index in [1.165, 1.54) is 6.07 Å². The Kier molecular flexibility index (Phi) is 6.79. The first-order valence-corrected chi connectivity index (χ1v) is 10.6. The number of ether oxygens (including phenoxy) is 2. The Balaban J connectivity index is 1.57. The van der Waals surface area contributed by atoms with Crippen molar-refractivity contribution in [2.45, 2.75) is 12.0 Å². The van der Waals surface area contributed by atoms with Gasteiger partial charge in [-0.1, -0.05) is 42.5 Å². The first-order valence-electron chi connectivity index (χ1n) is 10.6. The fourth-order valence-corrected chi connectivity index (χ4v) is 3.94. The molecular formula is C26H23F2NO4. The maximum Gasteiger partial charge on any atom is 0.338 e. The van der Waals surface area contributed by atoms with Crippen molar-refractivity contribution in [3.8, 4) is 0 Å². The average molecular weight is 451 g/mol. The predicted molar refractivity (Wildman–Crippen MR) is 118 cm³/mol. The lowest BCUT2D eigenvalue weighted by Crippen LogP contribution is -2.52. The monoisotopic (exact) mass is 451 g/mol. The van der Waals surface area contributed by atoms with Crippen LogP contribution in [0.3, 0.4) is 0 Å². The van der Waals surface area contributed by atoms with Gasteiger partial charge in [0.15, 0.2) is 11.6 Å². The zero-order chi connectivity index (χ0) is 23.3. The van der Waals surface area contributed by atoms with Crippen molar-refractivity contribution in [2.24, 2.45) is 0 Å². The third kappa shape index (κ3) is 5.09. The van der Waals surface area contributed by atoms with Gasteiger partial charge in [0, 0.05) is 18.5 Å². The zero-order valence-corrected chi connectivity index (χ0v) is 17.9. The lowest BCUT2D eigenvalue weighted by atomic mass is 9.88. The second kappa shape index (κ2) is 9.92. The van der Waals surface area contributed by atoms with E-state index in [9.17, 15) is 18.4 Å². The summed E-state index contributed by atoms with van der Waals surface area (Å²) < 4.78 is 39.2. The first-order chi connectivity index (χ1) is 16.0. The Morgan fingerprint density at radius 2 is 1.58 bits per heavy atom. The molecule has 5 nitrogen and oxygen atoms in total. The summed E-state index contributed by atoms with van der Waals surface area (Å²) in [5, 5.41) is 0. The minimum Gasteiger partial charge on any atom is -0.462 e. The minimum atomic E-state index is -1.16. The molecule has 1 heterocycles. The Morgan fingerprint density at radius 1 is 0.909 bits per heavy atom. The molecule has 4 rings (SSSR count). The standard InChI is InChI=1S/C26H23F2NO4/c27-22-12-11-21(17-23(22)28)26(13-15-32-25(31)20-9-5-2-6-10-20)18-29(14-16-33-26)24(30)19-7-3-1-4-8-19/h1-12,17H,13-16,18H2. The van der Waals surface area contributed by atoms with Crippen molar-refractivity contribution in [3.63, 3.8) is 0 Å². The number of halogens is 2. The molecule has 1 aliphatic heterocycles. The topological polar surface area (TPSA) is 55.8 Å². The van der Waals surface area contributed by atoms with E-state index in [1.54, 1.807) is 59.5 Å². The summed E-state index contributed by atoms with van der Waals surface area (Å²) in [5.41, 5.74) is 0.149. The van der Waals surface area contributed by atoms with Gasteiger partial charge in [0.05, 0.1) is 25.3 Å². The van der Waals surface area contributed by atoms with E-state index in [4.69, 9.17) is 9.47 Å². The third-order valence-electron chi connectivity index (χ3n) is 5.69. The van der Waals surface area contributed by atoms with Crippen molar-refractivity contribution in [2.75, 3.05) is 26.3 Å². The second-order valence-corrected chi connectivity index (χ2v) is 7.82. The molecule has 0 bridgehead atoms. The van der Waals surface area contributed by atoms with Crippen LogP contribution in [0.15, 0.2) is 78.9 Å². The molecule has 1 unspecified atom stereocenters. The van der Waals surface area contributed by atoms with Gasteiger partial charge in [-0.3, -0.25) is 4.79 Å². The molecule has 1 fully saturated rings. The molecule has 3 aromatic rings. The summed E-state index contributed by atoms with van der Waals surface area (Å²) in [4.78, 5) is 27.0. The number of amides is 1. The SMILES string of the molecule is O=C(OCCC1(c2ccc(F)c(F)c2)CN(C(=O)c2ccccc2)CCO1)c1ccccc1. The molecule has 7 heteroatoms. The number of nitrogens with zero attached hydrogens (tertiary/aromatic N) is 1. The summed E-state index contributed by atoms with van der Waals surface area (Å²) in [6.45, 7) is 0.627. The van der Waals surface area contributed by atoms with Gasteiger partial charge in [-0.15, -0.1) is 0 Å². The molecule has 1 aliphatic rings. The Bertz CT molecular complexity index is 1120. The summed E-state index contributed by atoms with van der Waals surface area (Å²) >= 11 is 0. The average Bonchev–Trinajstić information content (AvgIpc) is 2.86. The summed E-state index contributed by atoms with van der Waals surface area (Å²) in [6.07, 6.45) is 0.162. The summed E-state index contributed by atoms with van der Waals surface area (Å²) in [7, 11) is 0. The molecule has 1 amide bonds. The highest BCUT2D eigenvalue weighted by Crippen LogP contribution is 2.35. The number of carbonyl (C=O) groups excluding carboxylic acids is 2. The number of esters is 1. The van der Waals surface area contributed by atoms with E-state index in [2.05, 4.69) is 0 Å². The van der Waals surface area contributed by atoms with Gasteiger partial charge in [-0.2, -0.15) is 0 Å². The summed E-state index contributed by atoms with van der Waals surface area (Å²) in [6, 6.07) is 20.9. The van der Waals surface area contributed by atoms with E-state index in [0.717, 1.165) is 12.1 Å². The fourth-order valence-electron chi connectivity index (χ4n) is 3.94. The minimum absolute atomic E-state index is 0.0277. The lowest BCUT2D eigenvalue weighted by molar-refractivity contribution is -0.116. The van der Waals surface area contributed by atoms with E-state index >= 15 is 0 Å². The molecule has 0 N–H and O–H groups in total. The number of hydrogen-bond donors (Lipinski definition) is 0. The van der Waals surface area contributed by atoms with E-state index in [0.29, 0.717) is 23.2 Å². The van der Waals surface area contributed by atoms with Gasteiger partial charge in [-0.05, 0) is 42.0 Å². The van der Waals surface area contributed by atoms with Crippen LogP contribution < -0.4 is 0 Å². The highest BCUT2D eigenvalue weighted by Gasteiger charge is 2.41. The Morgan fingerprint density at radius 3 is 2.24 bits per heavy atom. The number of benzene rings is 3. The molecular weight excluding hydrogens is 428 g/mol. The molecule has 0 radical (unpaired) electrons. The van der Waals surface area contributed by atoms with Crippen molar-refractivity contribution >= 4 is 11.9 Å². The van der Waals surface area contributed by atoms with Gasteiger partial charge >= 0.3 is 5.97 Å². The van der Waals surface area contributed by atoms with Crippen LogP contribution in [-0.4, -0.2) is 43.1 Å². The zero-order valence-electron chi connectivity index (χ0n) is 17.9. The van der Waals surface area contributed by atoms with E-state index in [-0.39, 0.29) is 32.1 Å². The van der Waals surface area contributed by atoms with Gasteiger partial charge in [0.25, 0.3) is 5.91 Å². The molecule has 0 aliphatic carbocycles. The van der Waals surface area contributed by atoms with Crippen LogP contribution in [0.2, 0.25) is 0 Å². The molecule has 0 saturated carbocycles. The first kappa shape index (κ1) is 22.6. The molecule has 3 aromatic carbocycles. The normalized spacial score (nSPS) is 18.1. The van der Waals surface area contributed by atoms with Crippen LogP contribution in [0.4, 0.5) is 8.78 Å². The van der Waals surface area contributed by atoms with Gasteiger partial charge in [0.1, 0.15) is 5.60 Å². The Hall–Kier alpha value is -3.58. The van der Waals surface area contributed by atoms with Gasteiger partial charge < -0.3 is 14.4 Å². The molecule has 0 aromatic heterocycles. The summed E-state index contributed by atoms with van der Waals surface area (Å²) in [5.74, 6) is -2.67. The highest BCUT2D eigenvalue weighted by atomic mass is 19.2. The fraction of sp³-hybridized carbons (Fsp3) is 0.231. The van der Waals surface area contributed by atoms with Crippen molar-refractivity contribution in [3.05, 3.63) is 107 Å². The quantitative estimate of drug-likeness (QED) is 0.515. The van der Waals surface area contributed by atoms with Crippen molar-refractivity contribution < 1.29 is 27.8 Å². The third-order valence-corrected chi connectivity index (χ3v) is 5.69. The van der Waals surface area contributed by atoms with Crippen LogP contribution in [0.25, 0.3) is 0 Å². The maximum atomic E-state index is 14.1. The number of morpholine rings is 1. The van der Waals surface area contributed by atoms with Crippen LogP contribution in [0, 0.1) is 11.6 Å². The molecule has 1 saturated heterocycles. The second-order valence-electron chi connectivity index (χ2n) is 7.82. The number of carbonyl (C=O) groups is 2. The molecule has 170 valence electrons. The van der Waals surface area contributed by atoms with E-state index in [1.807, 2.05) is 6.07 Å². The van der Waals surface area contributed by atoms with Crippen LogP contribution in [0.5, 0.6) is 0 Å². The largest absolute Gasteiger partial charge is 0.462 e. The van der Waals surface area contributed by atoms with Crippen LogP contribution >= 0.6 is 0 Å². The van der Waals surface area contributed by atoms with Gasteiger partial charge in [-0.25, -0.2) is 13.6 Å². The molecule has 33 heavy (non-hydrogen) atoms. The van der Waals surface area contributed by atoms with Crippen molar-refractivity contribution in [1.82, 2.24) is 4.90 Å². The van der Waals surface area contributed by atoms with Crippen molar-refractivity contribution in [1.29, 1.82) is 0 Å². The molecule has 0 spiro atoms. The van der Waals surface area contributed by atoms with Crippen LogP contribution in [-0.2, 0) is 15.1 Å². The predicted octanol–water partition coefficient (Wildman–Crippen LogP) is 4.58. The highest BCUT2D eigenvalue weighted by molar-refractivity contribution is 5.94. The molecule has 1 atom stereocenters. The van der Waals surface area contributed by atoms with Crippen LogP contribution in [0.1, 0.15) is 32.7 Å². The maximum absolute atomic E-state index is 14.1. The Labute approximate surface area is 190 Å².